The highest BCUT2D eigenvalue weighted by Crippen LogP contribution is 2.19. The van der Waals surface area contributed by atoms with E-state index in [1.54, 1.807) is 31.2 Å². The van der Waals surface area contributed by atoms with Gasteiger partial charge in [-0.3, -0.25) is 5.10 Å². The summed E-state index contributed by atoms with van der Waals surface area (Å²) >= 11 is 0. The molecule has 0 aliphatic heterocycles. The van der Waals surface area contributed by atoms with Crippen molar-refractivity contribution in [3.8, 4) is 0 Å². The van der Waals surface area contributed by atoms with Gasteiger partial charge in [0.15, 0.2) is 9.84 Å². The minimum Gasteiger partial charge on any atom is -0.375 e. The maximum absolute atomic E-state index is 11.7. The molecule has 102 valence electrons. The molecule has 0 fully saturated rings. The Morgan fingerprint density at radius 2 is 2.00 bits per heavy atom. The number of hydrogen-bond donors (Lipinski definition) is 2. The fourth-order valence-electron chi connectivity index (χ4n) is 1.67. The van der Waals surface area contributed by atoms with Gasteiger partial charge >= 0.3 is 0 Å². The predicted molar refractivity (Wildman–Crippen MR) is 72.6 cm³/mol. The fraction of sp³-hybridized carbons (Fsp3) is 0.333. The first-order valence-corrected chi connectivity index (χ1v) is 7.63. The summed E-state index contributed by atoms with van der Waals surface area (Å²) in [5, 5.41) is 9.78. The van der Waals surface area contributed by atoms with E-state index in [9.17, 15) is 8.42 Å². The van der Waals surface area contributed by atoms with Crippen molar-refractivity contribution in [1.82, 2.24) is 15.2 Å². The molecule has 0 bridgehead atoms. The van der Waals surface area contributed by atoms with Crippen LogP contribution < -0.4 is 5.32 Å². The highest BCUT2D eigenvalue weighted by molar-refractivity contribution is 7.91. The van der Waals surface area contributed by atoms with Crippen LogP contribution in [0.4, 0.5) is 5.69 Å². The van der Waals surface area contributed by atoms with Crippen LogP contribution in [-0.2, 0) is 9.84 Å². The van der Waals surface area contributed by atoms with E-state index in [1.807, 2.05) is 6.92 Å². The molecule has 0 saturated carbocycles. The average Bonchev–Trinajstić information content (AvgIpc) is 2.93. The van der Waals surface area contributed by atoms with Gasteiger partial charge in [0.05, 0.1) is 16.7 Å². The lowest BCUT2D eigenvalue weighted by atomic mass is 10.2. The molecule has 6 nitrogen and oxygen atoms in total. The standard InChI is InChI=1S/C12H16N4O2S/c1-3-19(17,18)11-6-4-10(5-7-11)15-9(2)12-13-8-14-16-12/h4-9,15H,3H2,1-2H3,(H,13,14,16). The topological polar surface area (TPSA) is 87.7 Å². The number of sulfone groups is 1. The first kappa shape index (κ1) is 13.5. The number of benzene rings is 1. The third kappa shape index (κ3) is 3.11. The molecule has 0 amide bonds. The number of nitrogens with zero attached hydrogens (tertiary/aromatic N) is 2. The Labute approximate surface area is 112 Å². The number of H-pyrrole nitrogens is 1. The van der Waals surface area contributed by atoms with E-state index in [4.69, 9.17) is 0 Å². The Morgan fingerprint density at radius 1 is 1.32 bits per heavy atom. The van der Waals surface area contributed by atoms with Crippen LogP contribution in [0.2, 0.25) is 0 Å². The molecular weight excluding hydrogens is 264 g/mol. The van der Waals surface area contributed by atoms with E-state index in [2.05, 4.69) is 20.5 Å². The van der Waals surface area contributed by atoms with E-state index in [0.717, 1.165) is 11.5 Å². The average molecular weight is 280 g/mol. The van der Waals surface area contributed by atoms with Gasteiger partial charge in [0.25, 0.3) is 0 Å². The third-order valence-corrected chi connectivity index (χ3v) is 4.57. The number of rotatable bonds is 5. The van der Waals surface area contributed by atoms with E-state index in [-0.39, 0.29) is 11.8 Å². The van der Waals surface area contributed by atoms with Crippen molar-refractivity contribution in [3.63, 3.8) is 0 Å². The zero-order valence-corrected chi connectivity index (χ0v) is 11.6. The maximum Gasteiger partial charge on any atom is 0.178 e. The monoisotopic (exact) mass is 280 g/mol. The van der Waals surface area contributed by atoms with Crippen LogP contribution in [-0.4, -0.2) is 29.4 Å². The van der Waals surface area contributed by atoms with Gasteiger partial charge in [-0.25, -0.2) is 13.4 Å². The second-order valence-electron chi connectivity index (χ2n) is 4.16. The first-order valence-electron chi connectivity index (χ1n) is 5.97. The van der Waals surface area contributed by atoms with Crippen molar-refractivity contribution < 1.29 is 8.42 Å². The lowest BCUT2D eigenvalue weighted by molar-refractivity contribution is 0.597. The largest absolute Gasteiger partial charge is 0.375 e. The van der Waals surface area contributed by atoms with Crippen molar-refractivity contribution in [2.75, 3.05) is 11.1 Å². The molecule has 0 saturated heterocycles. The summed E-state index contributed by atoms with van der Waals surface area (Å²) in [6, 6.07) is 6.67. The van der Waals surface area contributed by atoms with Gasteiger partial charge < -0.3 is 5.32 Å². The first-order chi connectivity index (χ1) is 9.03. The Bertz CT molecular complexity index is 620. The van der Waals surface area contributed by atoms with Crippen molar-refractivity contribution in [3.05, 3.63) is 36.4 Å². The number of hydrogen-bond acceptors (Lipinski definition) is 5. The Kier molecular flexibility index (Phi) is 3.84. The van der Waals surface area contributed by atoms with Crippen LogP contribution in [0.1, 0.15) is 25.7 Å². The molecule has 1 aromatic heterocycles. The van der Waals surface area contributed by atoms with Gasteiger partial charge in [-0.15, -0.1) is 0 Å². The number of nitrogens with one attached hydrogen (secondary N) is 2. The van der Waals surface area contributed by atoms with Crippen molar-refractivity contribution in [1.29, 1.82) is 0 Å². The third-order valence-electron chi connectivity index (χ3n) is 2.82. The summed E-state index contributed by atoms with van der Waals surface area (Å²) in [6.07, 6.45) is 1.45. The zero-order valence-electron chi connectivity index (χ0n) is 10.8. The van der Waals surface area contributed by atoms with Gasteiger partial charge in [-0.2, -0.15) is 5.10 Å². The smallest absolute Gasteiger partial charge is 0.178 e. The van der Waals surface area contributed by atoms with Crippen LogP contribution in [0.15, 0.2) is 35.5 Å². The van der Waals surface area contributed by atoms with Gasteiger partial charge in [-0.05, 0) is 31.2 Å². The van der Waals surface area contributed by atoms with Crippen molar-refractivity contribution >= 4 is 15.5 Å². The van der Waals surface area contributed by atoms with Crippen LogP contribution in [0.25, 0.3) is 0 Å². The van der Waals surface area contributed by atoms with E-state index < -0.39 is 9.84 Å². The summed E-state index contributed by atoms with van der Waals surface area (Å²) in [7, 11) is -3.14. The highest BCUT2D eigenvalue weighted by atomic mass is 32.2. The van der Waals surface area contributed by atoms with Gasteiger partial charge in [-0.1, -0.05) is 6.92 Å². The zero-order chi connectivity index (χ0) is 13.9. The molecule has 0 spiro atoms. The van der Waals surface area contributed by atoms with Gasteiger partial charge in [0.2, 0.25) is 0 Å². The number of aromatic nitrogens is 3. The molecule has 2 rings (SSSR count). The molecule has 0 aliphatic rings. The summed E-state index contributed by atoms with van der Waals surface area (Å²) in [5.41, 5.74) is 0.832. The Hall–Kier alpha value is -1.89. The van der Waals surface area contributed by atoms with E-state index in [0.29, 0.717) is 4.90 Å². The normalized spacial score (nSPS) is 13.2. The van der Waals surface area contributed by atoms with Crippen LogP contribution in [0.5, 0.6) is 0 Å². The summed E-state index contributed by atoms with van der Waals surface area (Å²) < 4.78 is 23.4. The molecule has 1 aromatic carbocycles. The van der Waals surface area contributed by atoms with Crippen LogP contribution >= 0.6 is 0 Å². The lowest BCUT2D eigenvalue weighted by Gasteiger charge is -2.12. The maximum atomic E-state index is 11.7. The van der Waals surface area contributed by atoms with Gasteiger partial charge in [0, 0.05) is 5.69 Å². The Balaban J connectivity index is 2.11. The minimum atomic E-state index is -3.14. The SMILES string of the molecule is CCS(=O)(=O)c1ccc(NC(C)c2ncn[nH]2)cc1. The van der Waals surface area contributed by atoms with Gasteiger partial charge in [0.1, 0.15) is 12.2 Å². The van der Waals surface area contributed by atoms with E-state index in [1.165, 1.54) is 6.33 Å². The second kappa shape index (κ2) is 5.40. The molecular formula is C12H16N4O2S. The summed E-state index contributed by atoms with van der Waals surface area (Å²) in [6.45, 7) is 3.57. The molecule has 1 unspecified atom stereocenters. The molecule has 1 atom stereocenters. The second-order valence-corrected chi connectivity index (χ2v) is 6.44. The van der Waals surface area contributed by atoms with E-state index >= 15 is 0 Å². The molecule has 1 heterocycles. The number of aromatic amines is 1. The molecule has 19 heavy (non-hydrogen) atoms. The van der Waals surface area contributed by atoms with Crippen molar-refractivity contribution in [2.45, 2.75) is 24.8 Å². The molecule has 7 heteroatoms. The lowest BCUT2D eigenvalue weighted by Crippen LogP contribution is -2.09. The molecule has 0 aliphatic carbocycles. The highest BCUT2D eigenvalue weighted by Gasteiger charge is 2.12. The molecule has 2 N–H and O–H groups in total. The van der Waals surface area contributed by atoms with Crippen LogP contribution in [0, 0.1) is 0 Å². The van der Waals surface area contributed by atoms with Crippen molar-refractivity contribution in [2.24, 2.45) is 0 Å². The molecule has 0 radical (unpaired) electrons. The predicted octanol–water partition coefficient (Wildman–Crippen LogP) is 1.77. The molecule has 2 aromatic rings. The summed E-state index contributed by atoms with van der Waals surface area (Å²) in [5.74, 6) is 0.832. The minimum absolute atomic E-state index is 0.0314. The quantitative estimate of drug-likeness (QED) is 0.871. The number of anilines is 1. The van der Waals surface area contributed by atoms with Crippen LogP contribution in [0.3, 0.4) is 0 Å². The fourth-order valence-corrected chi connectivity index (χ4v) is 2.55. The summed E-state index contributed by atoms with van der Waals surface area (Å²) in [4.78, 5) is 4.40. The Morgan fingerprint density at radius 3 is 2.53 bits per heavy atom.